The van der Waals surface area contributed by atoms with Crippen LogP contribution >= 0.6 is 0 Å². The lowest BCUT2D eigenvalue weighted by Crippen LogP contribution is -2.39. The number of alkyl halides is 3. The van der Waals surface area contributed by atoms with Gasteiger partial charge in [0.25, 0.3) is 10.1 Å². The number of hydrogen-bond donors (Lipinski definition) is 2. The Kier molecular flexibility index (Phi) is 19.8. The largest absolute Gasteiger partial charge is 0.493 e. The molecule has 1 aliphatic heterocycles. The lowest BCUT2D eigenvalue weighted by atomic mass is 9.78. The van der Waals surface area contributed by atoms with E-state index >= 15 is 0 Å². The van der Waals surface area contributed by atoms with Crippen molar-refractivity contribution in [3.8, 4) is 11.5 Å². The first-order valence-corrected chi connectivity index (χ1v) is 19.4. The van der Waals surface area contributed by atoms with E-state index in [1.807, 2.05) is 64.1 Å². The predicted molar refractivity (Wildman–Crippen MR) is 208 cm³/mol. The molecule has 0 spiro atoms. The first-order valence-electron chi connectivity index (χ1n) is 17.6. The summed E-state index contributed by atoms with van der Waals surface area (Å²) in [5.74, 6) is -2.52. The van der Waals surface area contributed by atoms with Gasteiger partial charge in [0.15, 0.2) is 13.3 Å². The van der Waals surface area contributed by atoms with E-state index in [-0.39, 0.29) is 35.1 Å². The molecule has 1 amide bonds. The molecule has 1 fully saturated rings. The van der Waals surface area contributed by atoms with Gasteiger partial charge in [-0.3, -0.25) is 13.9 Å². The van der Waals surface area contributed by atoms with Crippen LogP contribution in [0.15, 0.2) is 61.2 Å². The number of hydrogen-bond acceptors (Lipinski definition) is 8. The van der Waals surface area contributed by atoms with Crippen molar-refractivity contribution in [3.05, 3.63) is 72.3 Å². The van der Waals surface area contributed by atoms with Gasteiger partial charge in [-0.05, 0) is 104 Å². The molecular weight excluding hydrogens is 710 g/mol. The summed E-state index contributed by atoms with van der Waals surface area (Å²) >= 11 is 0. The highest BCUT2D eigenvalue weighted by Gasteiger charge is 2.31. The van der Waals surface area contributed by atoms with Crippen molar-refractivity contribution >= 4 is 16.0 Å². The average molecular weight is 775 g/mol. The van der Waals surface area contributed by atoms with Crippen LogP contribution in [0.3, 0.4) is 0 Å². The monoisotopic (exact) mass is 774 g/mol. The molecule has 2 N–H and O–H groups in total. The number of ether oxygens (including phenoxy) is 2. The molecule has 1 saturated heterocycles. The molecule has 304 valence electrons. The quantitative estimate of drug-likeness (QED) is 0.127. The number of aliphatic hydroxyl groups is 1. The van der Waals surface area contributed by atoms with Crippen LogP contribution < -0.4 is 14.8 Å². The Morgan fingerprint density at radius 2 is 1.32 bits per heavy atom. The fraction of sp³-hybridized carbons (Fsp3) is 0.625. The molecular formula is C40H65F3N2O7S. The number of nitrogens with one attached hydrogen (secondary N) is 1. The molecule has 3 rings (SSSR count). The Labute approximate surface area is 317 Å². The van der Waals surface area contributed by atoms with E-state index in [0.29, 0.717) is 12.1 Å². The molecule has 2 aromatic carbocycles. The first-order chi connectivity index (χ1) is 23.9. The second-order valence-corrected chi connectivity index (χ2v) is 18.1. The number of benzene rings is 2. The third-order valence-corrected chi connectivity index (χ3v) is 7.93. The van der Waals surface area contributed by atoms with E-state index in [2.05, 4.69) is 55.6 Å². The number of carbonyl (C=O) groups excluding carboxylic acids is 1. The number of rotatable bonds is 12. The minimum Gasteiger partial charge on any atom is -0.493 e. The van der Waals surface area contributed by atoms with Crippen molar-refractivity contribution in [3.63, 3.8) is 0 Å². The van der Waals surface area contributed by atoms with Gasteiger partial charge >= 0.3 is 5.92 Å². The zero-order valence-electron chi connectivity index (χ0n) is 34.1. The van der Waals surface area contributed by atoms with Gasteiger partial charge in [-0.2, -0.15) is 17.2 Å². The van der Waals surface area contributed by atoms with Gasteiger partial charge in [-0.1, -0.05) is 51.6 Å². The summed E-state index contributed by atoms with van der Waals surface area (Å²) in [4.78, 5) is 13.0. The highest BCUT2D eigenvalue weighted by atomic mass is 32.2. The Balaban J connectivity index is 0.000000871. The van der Waals surface area contributed by atoms with Crippen molar-refractivity contribution in [1.29, 1.82) is 0 Å². The number of aliphatic hydroxyl groups excluding tert-OH is 1. The van der Waals surface area contributed by atoms with Crippen molar-refractivity contribution < 1.29 is 45.1 Å². The predicted octanol–water partition coefficient (Wildman–Crippen LogP) is 7.95. The minimum absolute atomic E-state index is 0.0710. The molecule has 0 bridgehead atoms. The molecule has 0 radical (unpaired) electrons. The molecule has 13 heteroatoms. The molecule has 2 aromatic rings. The molecule has 1 unspecified atom stereocenters. The van der Waals surface area contributed by atoms with E-state index in [4.69, 9.17) is 14.6 Å². The van der Waals surface area contributed by atoms with Crippen molar-refractivity contribution in [2.24, 2.45) is 5.92 Å². The lowest BCUT2D eigenvalue weighted by molar-refractivity contribution is -0.117. The summed E-state index contributed by atoms with van der Waals surface area (Å²) < 4.78 is 74.2. The van der Waals surface area contributed by atoms with Crippen LogP contribution in [0.4, 0.5) is 13.2 Å². The maximum absolute atomic E-state index is 13.0. The van der Waals surface area contributed by atoms with E-state index in [0.717, 1.165) is 23.1 Å². The fourth-order valence-electron chi connectivity index (χ4n) is 4.22. The SMILES string of the molecule is C=CC(=O)NC(C)(C)C.CC(C)(C)N1CC1.CC(C)(C)OS(C)(=O)=O.CC(CO)COc1ccc(C(C)(C)c2ccc(OCC(F)(F)CF)cc2)cc1. The van der Waals surface area contributed by atoms with Gasteiger partial charge in [0.05, 0.1) is 18.5 Å². The molecule has 0 aliphatic carbocycles. The zero-order chi connectivity index (χ0) is 41.5. The molecule has 1 heterocycles. The van der Waals surface area contributed by atoms with Gasteiger partial charge in [-0.15, -0.1) is 0 Å². The Bertz CT molecular complexity index is 1470. The third-order valence-electron chi connectivity index (χ3n) is 7.12. The Morgan fingerprint density at radius 3 is 1.57 bits per heavy atom. The molecule has 1 aliphatic rings. The van der Waals surface area contributed by atoms with E-state index in [9.17, 15) is 26.4 Å². The van der Waals surface area contributed by atoms with Crippen LogP contribution in [0.1, 0.15) is 94.2 Å². The van der Waals surface area contributed by atoms with Gasteiger partial charge in [-0.25, -0.2) is 4.39 Å². The molecule has 9 nitrogen and oxygen atoms in total. The van der Waals surface area contributed by atoms with Crippen molar-refractivity contribution in [2.75, 3.05) is 45.8 Å². The zero-order valence-corrected chi connectivity index (χ0v) is 34.9. The van der Waals surface area contributed by atoms with Crippen LogP contribution in [-0.4, -0.2) is 92.8 Å². The summed E-state index contributed by atoms with van der Waals surface area (Å²) in [5.41, 5.74) is 1.42. The Hall–Kier alpha value is -3.13. The van der Waals surface area contributed by atoms with Gasteiger partial charge < -0.3 is 19.9 Å². The summed E-state index contributed by atoms with van der Waals surface area (Å²) in [6, 6.07) is 14.6. The number of carbonyl (C=O) groups is 1. The lowest BCUT2D eigenvalue weighted by Gasteiger charge is -2.26. The fourth-order valence-corrected chi connectivity index (χ4v) is 5.12. The summed E-state index contributed by atoms with van der Waals surface area (Å²) in [6.07, 6.45) is 2.31. The van der Waals surface area contributed by atoms with Gasteiger partial charge in [0, 0.05) is 42.1 Å². The van der Waals surface area contributed by atoms with E-state index in [1.54, 1.807) is 32.9 Å². The molecule has 0 aromatic heterocycles. The van der Waals surface area contributed by atoms with Crippen LogP contribution in [0, 0.1) is 5.92 Å². The van der Waals surface area contributed by atoms with E-state index < -0.39 is 34.9 Å². The standard InChI is InChI=1S/C22H27F3O3.C7H13NO.C6H13N.C5H12O3S/c1-16(12-26)13-27-19-8-4-17(5-9-19)21(2,3)18-6-10-20(11-7-18)28-15-22(24,25)14-23;1-5-6(9)8-7(2,3)4;1-6(2,3)7-4-5-7;1-5(2,3)8-9(4,6)7/h4-11,16,26H,12-15H2,1-3H3;5H,1H2,2-4H3,(H,8,9);4-5H2,1-3H3;1-4H3. The molecule has 53 heavy (non-hydrogen) atoms. The number of halogens is 3. The summed E-state index contributed by atoms with van der Waals surface area (Å²) in [5, 5.41) is 11.8. The second-order valence-electron chi connectivity index (χ2n) is 16.6. The smallest absolute Gasteiger partial charge is 0.309 e. The van der Waals surface area contributed by atoms with E-state index in [1.165, 1.54) is 19.2 Å². The van der Waals surface area contributed by atoms with Crippen molar-refractivity contribution in [1.82, 2.24) is 10.2 Å². The maximum atomic E-state index is 13.0. The van der Waals surface area contributed by atoms with Gasteiger partial charge in [0.1, 0.15) is 11.5 Å². The van der Waals surface area contributed by atoms with Gasteiger partial charge in [0.2, 0.25) is 5.91 Å². The summed E-state index contributed by atoms with van der Waals surface area (Å²) in [7, 11) is -3.28. The number of nitrogens with zero attached hydrogens (tertiary/aromatic N) is 1. The summed E-state index contributed by atoms with van der Waals surface area (Å²) in [6.45, 7) is 27.4. The Morgan fingerprint density at radius 1 is 0.887 bits per heavy atom. The minimum atomic E-state index is -3.48. The third kappa shape index (κ3) is 24.0. The maximum Gasteiger partial charge on any atom is 0.309 e. The van der Waals surface area contributed by atoms with Crippen LogP contribution in [0.5, 0.6) is 11.5 Å². The van der Waals surface area contributed by atoms with Crippen LogP contribution in [0.2, 0.25) is 0 Å². The highest BCUT2D eigenvalue weighted by Crippen LogP contribution is 2.33. The topological polar surface area (TPSA) is 114 Å². The second kappa shape index (κ2) is 21.1. The molecule has 0 saturated carbocycles. The van der Waals surface area contributed by atoms with Crippen LogP contribution in [-0.2, 0) is 24.5 Å². The van der Waals surface area contributed by atoms with Crippen LogP contribution in [0.25, 0.3) is 0 Å². The average Bonchev–Trinajstić information content (AvgIpc) is 3.88. The first kappa shape index (κ1) is 49.9. The molecule has 1 atom stereocenters. The number of amides is 1. The highest BCUT2D eigenvalue weighted by molar-refractivity contribution is 7.86. The van der Waals surface area contributed by atoms with Crippen molar-refractivity contribution in [2.45, 2.75) is 111 Å². The normalized spacial score (nSPS) is 14.1.